The molecule has 1 heterocycles. The molecule has 1 aliphatic heterocycles. The molecule has 0 aromatic heterocycles. The van der Waals surface area contributed by atoms with Gasteiger partial charge in [-0.15, -0.1) is 0 Å². The Morgan fingerprint density at radius 2 is 2.28 bits per heavy atom. The zero-order valence-corrected chi connectivity index (χ0v) is 11.0. The quantitative estimate of drug-likeness (QED) is 0.852. The van der Waals surface area contributed by atoms with E-state index < -0.39 is 0 Å². The summed E-state index contributed by atoms with van der Waals surface area (Å²) in [4.78, 5) is 11.6. The molecule has 0 fully saturated rings. The van der Waals surface area contributed by atoms with Crippen LogP contribution in [0.25, 0.3) is 0 Å². The van der Waals surface area contributed by atoms with Crippen molar-refractivity contribution in [1.29, 1.82) is 0 Å². The molecular formula is C14H20N2O2. The number of hydrogen-bond acceptors (Lipinski definition) is 3. The van der Waals surface area contributed by atoms with Crippen LogP contribution in [0.1, 0.15) is 25.0 Å². The van der Waals surface area contributed by atoms with Crippen LogP contribution in [0.3, 0.4) is 0 Å². The largest absolute Gasteiger partial charge is 0.369 e. The standard InChI is InChI=1S/C14H20N2O2/c1-10(2)18-9-14(17)16-13-4-3-11-5-6-15-8-12(11)7-13/h3-4,7,10,15H,5-6,8-9H2,1-2H3,(H,16,17). The summed E-state index contributed by atoms with van der Waals surface area (Å²) in [5.74, 6) is -0.104. The number of rotatable bonds is 4. The molecule has 1 aromatic carbocycles. The summed E-state index contributed by atoms with van der Waals surface area (Å²) in [5.41, 5.74) is 3.48. The van der Waals surface area contributed by atoms with Gasteiger partial charge in [-0.25, -0.2) is 0 Å². The highest BCUT2D eigenvalue weighted by Crippen LogP contribution is 2.18. The summed E-state index contributed by atoms with van der Waals surface area (Å²) in [6, 6.07) is 6.08. The number of hydrogen-bond donors (Lipinski definition) is 2. The summed E-state index contributed by atoms with van der Waals surface area (Å²) in [6.07, 6.45) is 1.13. The molecule has 0 atom stereocenters. The molecule has 18 heavy (non-hydrogen) atoms. The molecule has 1 amide bonds. The number of ether oxygens (including phenoxy) is 1. The van der Waals surface area contributed by atoms with E-state index in [1.165, 1.54) is 11.1 Å². The Morgan fingerprint density at radius 3 is 3.06 bits per heavy atom. The first kappa shape index (κ1) is 13.1. The maximum atomic E-state index is 11.6. The van der Waals surface area contributed by atoms with Crippen LogP contribution in [0.2, 0.25) is 0 Å². The molecule has 98 valence electrons. The average molecular weight is 248 g/mol. The number of nitrogens with one attached hydrogen (secondary N) is 2. The van der Waals surface area contributed by atoms with Crippen molar-refractivity contribution in [3.8, 4) is 0 Å². The van der Waals surface area contributed by atoms with Gasteiger partial charge in [-0.2, -0.15) is 0 Å². The Kier molecular flexibility index (Phi) is 4.33. The van der Waals surface area contributed by atoms with Gasteiger partial charge in [0.15, 0.2) is 0 Å². The van der Waals surface area contributed by atoms with Crippen molar-refractivity contribution in [2.75, 3.05) is 18.5 Å². The second-order valence-electron chi connectivity index (χ2n) is 4.82. The van der Waals surface area contributed by atoms with E-state index in [1.807, 2.05) is 26.0 Å². The third-order valence-electron chi connectivity index (χ3n) is 2.92. The fourth-order valence-electron chi connectivity index (χ4n) is 2.00. The minimum atomic E-state index is -0.104. The van der Waals surface area contributed by atoms with E-state index in [0.717, 1.165) is 25.2 Å². The topological polar surface area (TPSA) is 50.4 Å². The number of fused-ring (bicyclic) bond motifs is 1. The first-order chi connectivity index (χ1) is 8.65. The van der Waals surface area contributed by atoms with Gasteiger partial charge in [0.2, 0.25) is 5.91 Å². The monoisotopic (exact) mass is 248 g/mol. The molecule has 2 rings (SSSR count). The minimum Gasteiger partial charge on any atom is -0.369 e. The van der Waals surface area contributed by atoms with Gasteiger partial charge in [-0.05, 0) is 50.1 Å². The Labute approximate surface area is 108 Å². The molecule has 0 aliphatic carbocycles. The van der Waals surface area contributed by atoms with E-state index in [-0.39, 0.29) is 18.6 Å². The van der Waals surface area contributed by atoms with E-state index in [1.54, 1.807) is 0 Å². The van der Waals surface area contributed by atoms with Gasteiger partial charge in [0.05, 0.1) is 6.10 Å². The van der Waals surface area contributed by atoms with Crippen LogP contribution in [0.5, 0.6) is 0 Å². The molecule has 1 aromatic rings. The van der Waals surface area contributed by atoms with Crippen molar-refractivity contribution in [2.24, 2.45) is 0 Å². The van der Waals surface area contributed by atoms with Crippen molar-refractivity contribution in [2.45, 2.75) is 32.9 Å². The second kappa shape index (κ2) is 5.98. The molecule has 0 radical (unpaired) electrons. The van der Waals surface area contributed by atoms with Gasteiger partial charge in [0, 0.05) is 12.2 Å². The second-order valence-corrected chi connectivity index (χ2v) is 4.82. The maximum Gasteiger partial charge on any atom is 0.250 e. The van der Waals surface area contributed by atoms with Crippen LogP contribution in [0.15, 0.2) is 18.2 Å². The molecule has 0 bridgehead atoms. The van der Waals surface area contributed by atoms with Gasteiger partial charge < -0.3 is 15.4 Å². The Bertz CT molecular complexity index is 430. The minimum absolute atomic E-state index is 0.0727. The summed E-state index contributed by atoms with van der Waals surface area (Å²) in [6.45, 7) is 5.84. The maximum absolute atomic E-state index is 11.6. The lowest BCUT2D eigenvalue weighted by Crippen LogP contribution is -2.24. The number of anilines is 1. The fraction of sp³-hybridized carbons (Fsp3) is 0.500. The molecule has 0 spiro atoms. The molecule has 4 heteroatoms. The van der Waals surface area contributed by atoms with Crippen LogP contribution in [-0.2, 0) is 22.5 Å². The molecule has 0 unspecified atom stereocenters. The van der Waals surface area contributed by atoms with Crippen LogP contribution in [0, 0.1) is 0 Å². The van der Waals surface area contributed by atoms with E-state index in [4.69, 9.17) is 4.74 Å². The zero-order valence-electron chi connectivity index (χ0n) is 11.0. The fourth-order valence-corrected chi connectivity index (χ4v) is 2.00. The highest BCUT2D eigenvalue weighted by Gasteiger charge is 2.10. The van der Waals surface area contributed by atoms with Crippen molar-refractivity contribution in [3.05, 3.63) is 29.3 Å². The molecule has 0 saturated carbocycles. The van der Waals surface area contributed by atoms with Gasteiger partial charge in [0.1, 0.15) is 6.61 Å². The number of carbonyl (C=O) groups is 1. The Morgan fingerprint density at radius 1 is 1.44 bits per heavy atom. The molecule has 1 aliphatic rings. The summed E-state index contributed by atoms with van der Waals surface area (Å²) in [7, 11) is 0. The lowest BCUT2D eigenvalue weighted by molar-refractivity contribution is -0.121. The zero-order chi connectivity index (χ0) is 13.0. The Hall–Kier alpha value is -1.39. The molecule has 4 nitrogen and oxygen atoms in total. The first-order valence-corrected chi connectivity index (χ1v) is 6.39. The molecular weight excluding hydrogens is 228 g/mol. The lowest BCUT2D eigenvalue weighted by Gasteiger charge is -2.18. The highest BCUT2D eigenvalue weighted by atomic mass is 16.5. The average Bonchev–Trinajstić information content (AvgIpc) is 2.36. The van der Waals surface area contributed by atoms with Crippen LogP contribution in [-0.4, -0.2) is 25.2 Å². The third-order valence-corrected chi connectivity index (χ3v) is 2.92. The summed E-state index contributed by atoms with van der Waals surface area (Å²) in [5, 5.41) is 6.18. The van der Waals surface area contributed by atoms with E-state index >= 15 is 0 Å². The smallest absolute Gasteiger partial charge is 0.250 e. The predicted octanol–water partition coefficient (Wildman–Crippen LogP) is 1.70. The number of amides is 1. The van der Waals surface area contributed by atoms with E-state index in [9.17, 15) is 4.79 Å². The van der Waals surface area contributed by atoms with Gasteiger partial charge in [0.25, 0.3) is 0 Å². The third kappa shape index (κ3) is 3.55. The van der Waals surface area contributed by atoms with Gasteiger partial charge >= 0.3 is 0 Å². The van der Waals surface area contributed by atoms with Gasteiger partial charge in [-0.1, -0.05) is 6.07 Å². The van der Waals surface area contributed by atoms with E-state index in [0.29, 0.717) is 0 Å². The van der Waals surface area contributed by atoms with Crippen molar-refractivity contribution < 1.29 is 9.53 Å². The summed E-state index contributed by atoms with van der Waals surface area (Å²) < 4.78 is 5.26. The molecule has 2 N–H and O–H groups in total. The van der Waals surface area contributed by atoms with Crippen molar-refractivity contribution in [3.63, 3.8) is 0 Å². The number of benzene rings is 1. The van der Waals surface area contributed by atoms with Crippen molar-refractivity contribution in [1.82, 2.24) is 5.32 Å². The van der Waals surface area contributed by atoms with Crippen molar-refractivity contribution >= 4 is 11.6 Å². The van der Waals surface area contributed by atoms with Crippen LogP contribution < -0.4 is 10.6 Å². The Balaban J connectivity index is 1.95. The van der Waals surface area contributed by atoms with E-state index in [2.05, 4.69) is 16.7 Å². The normalized spacial score (nSPS) is 14.4. The van der Waals surface area contributed by atoms with Crippen LogP contribution in [0.4, 0.5) is 5.69 Å². The predicted molar refractivity (Wildman–Crippen MR) is 71.6 cm³/mol. The SMILES string of the molecule is CC(C)OCC(=O)Nc1ccc2c(c1)CNCC2. The highest BCUT2D eigenvalue weighted by molar-refractivity contribution is 5.91. The van der Waals surface area contributed by atoms with Crippen LogP contribution >= 0.6 is 0 Å². The number of carbonyl (C=O) groups excluding carboxylic acids is 1. The van der Waals surface area contributed by atoms with Gasteiger partial charge in [-0.3, -0.25) is 4.79 Å². The first-order valence-electron chi connectivity index (χ1n) is 6.39. The molecule has 0 saturated heterocycles. The lowest BCUT2D eigenvalue weighted by atomic mass is 10.0. The summed E-state index contributed by atoms with van der Waals surface area (Å²) >= 11 is 0.